The predicted molar refractivity (Wildman–Crippen MR) is 117 cm³/mol. The third-order valence-corrected chi connectivity index (χ3v) is 5.60. The second kappa shape index (κ2) is 6.59. The number of fused-ring (bicyclic) bond motifs is 3. The van der Waals surface area contributed by atoms with Gasteiger partial charge in [-0.2, -0.15) is 4.98 Å². The molecule has 2 aromatic carbocycles. The Bertz CT molecular complexity index is 1520. The maximum absolute atomic E-state index is 13.1. The summed E-state index contributed by atoms with van der Waals surface area (Å²) in [6.07, 6.45) is 0.692. The van der Waals surface area contributed by atoms with Crippen LogP contribution in [-0.2, 0) is 20.5 Å². The Labute approximate surface area is 172 Å². The maximum Gasteiger partial charge on any atom is 0.332 e. The van der Waals surface area contributed by atoms with E-state index in [0.29, 0.717) is 23.4 Å². The van der Waals surface area contributed by atoms with Crippen molar-refractivity contribution in [3.63, 3.8) is 0 Å². The van der Waals surface area contributed by atoms with Crippen molar-refractivity contribution in [2.45, 2.75) is 13.3 Å². The first kappa shape index (κ1) is 18.2. The Morgan fingerprint density at radius 3 is 2.13 bits per heavy atom. The molecule has 0 bridgehead atoms. The molecule has 0 amide bonds. The van der Waals surface area contributed by atoms with Gasteiger partial charge in [0, 0.05) is 25.3 Å². The van der Waals surface area contributed by atoms with E-state index in [9.17, 15) is 9.59 Å². The van der Waals surface area contributed by atoms with Crippen molar-refractivity contribution in [2.24, 2.45) is 14.1 Å². The second-order valence-corrected chi connectivity index (χ2v) is 7.31. The molecule has 0 aliphatic carbocycles. The van der Waals surface area contributed by atoms with Crippen LogP contribution in [-0.4, -0.2) is 23.1 Å². The summed E-state index contributed by atoms with van der Waals surface area (Å²) in [5, 5.41) is 0. The van der Waals surface area contributed by atoms with Crippen LogP contribution in [0.1, 0.15) is 12.6 Å². The van der Waals surface area contributed by atoms with Crippen LogP contribution in [0.4, 0.5) is 0 Å². The fraction of sp³-hybridized carbons (Fsp3) is 0.174. The highest BCUT2D eigenvalue weighted by molar-refractivity contribution is 5.81. The summed E-state index contributed by atoms with van der Waals surface area (Å²) >= 11 is 0. The van der Waals surface area contributed by atoms with Crippen LogP contribution in [0.25, 0.3) is 33.9 Å². The molecule has 0 aliphatic rings. The molecule has 0 aliphatic heterocycles. The van der Waals surface area contributed by atoms with Crippen LogP contribution < -0.4 is 11.2 Å². The quantitative estimate of drug-likeness (QED) is 0.469. The molecule has 0 unspecified atom stereocenters. The van der Waals surface area contributed by atoms with Crippen molar-refractivity contribution in [1.29, 1.82) is 0 Å². The first-order chi connectivity index (χ1) is 14.5. The standard InChI is InChI=1S/C23H21N5O2/c1-4-17-18(15-11-7-5-8-12-15)27(16-13-9-6-10-14-16)22-24-20-19(28(17)22)21(29)26(3)23(30)25(20)2/h5-14H,4H2,1-3H3. The van der Waals surface area contributed by atoms with Gasteiger partial charge in [0.2, 0.25) is 5.78 Å². The van der Waals surface area contributed by atoms with Crippen LogP contribution in [0.5, 0.6) is 0 Å². The predicted octanol–water partition coefficient (Wildman–Crippen LogP) is 2.91. The number of para-hydroxylation sites is 1. The van der Waals surface area contributed by atoms with Gasteiger partial charge in [0.25, 0.3) is 5.56 Å². The van der Waals surface area contributed by atoms with Crippen molar-refractivity contribution in [2.75, 3.05) is 0 Å². The fourth-order valence-electron chi connectivity index (χ4n) is 4.16. The average molecular weight is 399 g/mol. The smallest absolute Gasteiger partial charge is 0.279 e. The van der Waals surface area contributed by atoms with Gasteiger partial charge < -0.3 is 0 Å². The minimum absolute atomic E-state index is 0.347. The summed E-state index contributed by atoms with van der Waals surface area (Å²) in [5.41, 5.74) is 4.01. The molecule has 150 valence electrons. The Balaban J connectivity index is 2.07. The van der Waals surface area contributed by atoms with Crippen LogP contribution in [0, 0.1) is 0 Å². The molecule has 0 N–H and O–H groups in total. The van der Waals surface area contributed by atoms with Crippen molar-refractivity contribution < 1.29 is 0 Å². The van der Waals surface area contributed by atoms with E-state index in [-0.39, 0.29) is 11.2 Å². The number of aromatic nitrogens is 5. The second-order valence-electron chi connectivity index (χ2n) is 7.31. The highest BCUT2D eigenvalue weighted by Crippen LogP contribution is 2.33. The van der Waals surface area contributed by atoms with Crippen LogP contribution in [0.2, 0.25) is 0 Å². The lowest BCUT2D eigenvalue weighted by Gasteiger charge is -2.11. The lowest BCUT2D eigenvalue weighted by atomic mass is 10.1. The average Bonchev–Trinajstić information content (AvgIpc) is 3.32. The largest absolute Gasteiger partial charge is 0.332 e. The molecule has 5 rings (SSSR count). The summed E-state index contributed by atoms with van der Waals surface area (Å²) in [7, 11) is 3.15. The maximum atomic E-state index is 13.1. The van der Waals surface area contributed by atoms with Crippen molar-refractivity contribution >= 4 is 16.9 Å². The van der Waals surface area contributed by atoms with Gasteiger partial charge in [-0.05, 0) is 18.6 Å². The third-order valence-electron chi connectivity index (χ3n) is 5.60. The van der Waals surface area contributed by atoms with E-state index in [4.69, 9.17) is 4.98 Å². The van der Waals surface area contributed by atoms with Gasteiger partial charge in [-0.1, -0.05) is 55.5 Å². The lowest BCUT2D eigenvalue weighted by molar-refractivity contribution is 0.707. The van der Waals surface area contributed by atoms with Crippen molar-refractivity contribution in [1.82, 2.24) is 23.1 Å². The van der Waals surface area contributed by atoms with Crippen molar-refractivity contribution in [3.05, 3.63) is 87.2 Å². The Morgan fingerprint density at radius 1 is 0.867 bits per heavy atom. The van der Waals surface area contributed by atoms with Gasteiger partial charge in [-0.25, -0.2) is 4.79 Å². The van der Waals surface area contributed by atoms with E-state index in [2.05, 4.69) is 23.6 Å². The lowest BCUT2D eigenvalue weighted by Crippen LogP contribution is -2.37. The van der Waals surface area contributed by atoms with Gasteiger partial charge >= 0.3 is 5.69 Å². The topological polar surface area (TPSA) is 66.2 Å². The van der Waals surface area contributed by atoms with E-state index in [1.54, 1.807) is 7.05 Å². The normalized spacial score (nSPS) is 11.6. The van der Waals surface area contributed by atoms with Gasteiger partial charge in [0.1, 0.15) is 0 Å². The number of nitrogens with zero attached hydrogens (tertiary/aromatic N) is 5. The molecule has 5 aromatic rings. The van der Waals surface area contributed by atoms with E-state index < -0.39 is 0 Å². The highest BCUT2D eigenvalue weighted by atomic mass is 16.2. The minimum atomic E-state index is -0.388. The summed E-state index contributed by atoms with van der Waals surface area (Å²) in [5.74, 6) is 0.616. The molecule has 3 aromatic heterocycles. The molecule has 7 heteroatoms. The van der Waals surface area contributed by atoms with E-state index >= 15 is 0 Å². The molecule has 3 heterocycles. The molecule has 0 spiro atoms. The van der Waals surface area contributed by atoms with Gasteiger partial charge in [-0.3, -0.25) is 22.9 Å². The molecule has 0 saturated heterocycles. The van der Waals surface area contributed by atoms with Crippen molar-refractivity contribution in [3.8, 4) is 16.9 Å². The van der Waals surface area contributed by atoms with Gasteiger partial charge in [0.15, 0.2) is 11.2 Å². The van der Waals surface area contributed by atoms with Crippen LogP contribution in [0.3, 0.4) is 0 Å². The van der Waals surface area contributed by atoms with Gasteiger partial charge in [-0.15, -0.1) is 0 Å². The zero-order valence-electron chi connectivity index (χ0n) is 17.0. The molecular weight excluding hydrogens is 378 g/mol. The summed E-state index contributed by atoms with van der Waals surface area (Å²) in [6.45, 7) is 2.06. The summed E-state index contributed by atoms with van der Waals surface area (Å²) < 4.78 is 6.54. The molecule has 30 heavy (non-hydrogen) atoms. The van der Waals surface area contributed by atoms with Gasteiger partial charge in [0.05, 0.1) is 11.4 Å². The number of hydrogen-bond donors (Lipinski definition) is 0. The van der Waals surface area contributed by atoms with Crippen LogP contribution >= 0.6 is 0 Å². The Kier molecular flexibility index (Phi) is 3.99. The molecule has 0 atom stereocenters. The highest BCUT2D eigenvalue weighted by Gasteiger charge is 2.25. The molecule has 0 radical (unpaired) electrons. The molecule has 7 nitrogen and oxygen atoms in total. The number of imidazole rings is 2. The Morgan fingerprint density at radius 2 is 1.50 bits per heavy atom. The molecular formula is C23H21N5O2. The number of hydrogen-bond acceptors (Lipinski definition) is 3. The first-order valence-corrected chi connectivity index (χ1v) is 9.87. The summed E-state index contributed by atoms with van der Waals surface area (Å²) in [4.78, 5) is 30.4. The monoisotopic (exact) mass is 399 g/mol. The Hall–Kier alpha value is -3.87. The summed E-state index contributed by atoms with van der Waals surface area (Å²) in [6, 6.07) is 20.1. The fourth-order valence-corrected chi connectivity index (χ4v) is 4.16. The number of rotatable bonds is 3. The number of benzene rings is 2. The zero-order chi connectivity index (χ0) is 21.0. The molecule has 0 fully saturated rings. The zero-order valence-corrected chi connectivity index (χ0v) is 17.0. The van der Waals surface area contributed by atoms with Crippen LogP contribution in [0.15, 0.2) is 70.3 Å². The van der Waals surface area contributed by atoms with E-state index in [0.717, 1.165) is 27.2 Å². The minimum Gasteiger partial charge on any atom is -0.279 e. The molecule has 0 saturated carbocycles. The van der Waals surface area contributed by atoms with E-state index in [1.807, 2.05) is 52.9 Å². The van der Waals surface area contributed by atoms with E-state index in [1.165, 1.54) is 11.6 Å². The number of aryl methyl sites for hydroxylation is 2. The first-order valence-electron chi connectivity index (χ1n) is 9.87. The third kappa shape index (κ3) is 2.35. The SMILES string of the molecule is CCc1c(-c2ccccc2)n(-c2ccccc2)c2nc3c(c(=O)n(C)c(=O)n3C)n12.